The summed E-state index contributed by atoms with van der Waals surface area (Å²) >= 11 is 0. The van der Waals surface area contributed by atoms with Crippen molar-refractivity contribution in [2.45, 2.75) is 6.92 Å². The molecule has 0 bridgehead atoms. The Hall–Kier alpha value is -1.77. The van der Waals surface area contributed by atoms with Crippen LogP contribution in [-0.2, 0) is 0 Å². The standard InChI is InChI=1S/C12H8F2N/c1-8-7-15-6-5-9(8)12-10(13)3-2-4-11(12)14/h2-6H,1H3. The zero-order chi connectivity index (χ0) is 10.8. The van der Waals surface area contributed by atoms with Crippen LogP contribution >= 0.6 is 0 Å². The van der Waals surface area contributed by atoms with E-state index in [2.05, 4.69) is 11.2 Å². The van der Waals surface area contributed by atoms with E-state index < -0.39 is 11.6 Å². The predicted octanol–water partition coefficient (Wildman–Crippen LogP) is 3.14. The largest absolute Gasteiger partial charge is 0.254 e. The molecule has 3 heteroatoms. The van der Waals surface area contributed by atoms with Gasteiger partial charge in [0.25, 0.3) is 0 Å². The first-order chi connectivity index (χ1) is 7.20. The number of halogens is 2. The van der Waals surface area contributed by atoms with Gasteiger partial charge in [0, 0.05) is 6.20 Å². The van der Waals surface area contributed by atoms with E-state index in [-0.39, 0.29) is 5.56 Å². The van der Waals surface area contributed by atoms with Crippen molar-refractivity contribution < 1.29 is 8.78 Å². The molecular weight excluding hydrogens is 196 g/mol. The van der Waals surface area contributed by atoms with Crippen LogP contribution in [-0.4, -0.2) is 4.98 Å². The number of benzene rings is 1. The van der Waals surface area contributed by atoms with Gasteiger partial charge in [-0.1, -0.05) is 6.07 Å². The molecule has 0 saturated carbocycles. The van der Waals surface area contributed by atoms with Gasteiger partial charge in [0.2, 0.25) is 0 Å². The van der Waals surface area contributed by atoms with Crippen molar-refractivity contribution >= 4 is 0 Å². The Kier molecular flexibility index (Phi) is 2.46. The zero-order valence-corrected chi connectivity index (χ0v) is 8.09. The molecule has 0 aliphatic rings. The molecule has 1 heterocycles. The van der Waals surface area contributed by atoms with Gasteiger partial charge in [-0.25, -0.2) is 8.78 Å². The van der Waals surface area contributed by atoms with Gasteiger partial charge in [-0.15, -0.1) is 0 Å². The Morgan fingerprint density at radius 1 is 1.13 bits per heavy atom. The van der Waals surface area contributed by atoms with Crippen LogP contribution in [0.15, 0.2) is 30.5 Å². The average molecular weight is 204 g/mol. The van der Waals surface area contributed by atoms with Crippen molar-refractivity contribution in [2.75, 3.05) is 0 Å². The number of nitrogens with zero attached hydrogens (tertiary/aromatic N) is 1. The van der Waals surface area contributed by atoms with Crippen molar-refractivity contribution in [3.8, 4) is 11.1 Å². The second kappa shape index (κ2) is 3.77. The lowest BCUT2D eigenvalue weighted by molar-refractivity contribution is 0.589. The van der Waals surface area contributed by atoms with Crippen molar-refractivity contribution in [3.63, 3.8) is 0 Å². The summed E-state index contributed by atoms with van der Waals surface area (Å²) in [5, 5.41) is 0. The highest BCUT2D eigenvalue weighted by atomic mass is 19.1. The van der Waals surface area contributed by atoms with Crippen molar-refractivity contribution in [2.24, 2.45) is 0 Å². The Morgan fingerprint density at radius 3 is 2.40 bits per heavy atom. The molecule has 1 nitrogen and oxygen atoms in total. The Labute approximate surface area is 86.4 Å². The molecule has 1 aromatic carbocycles. The van der Waals surface area contributed by atoms with Crippen LogP contribution in [0.25, 0.3) is 11.1 Å². The van der Waals surface area contributed by atoms with E-state index >= 15 is 0 Å². The van der Waals surface area contributed by atoms with Gasteiger partial charge in [0.05, 0.1) is 11.8 Å². The summed E-state index contributed by atoms with van der Waals surface area (Å²) in [6.07, 6.45) is 4.14. The lowest BCUT2D eigenvalue weighted by Gasteiger charge is -2.06. The molecule has 2 aromatic rings. The molecular formula is C12H8F2N. The van der Waals surface area contributed by atoms with Crippen LogP contribution in [0, 0.1) is 24.8 Å². The maximum Gasteiger partial charge on any atom is 0.133 e. The number of hydrogen-bond acceptors (Lipinski definition) is 1. The molecule has 0 amide bonds. The van der Waals surface area contributed by atoms with Gasteiger partial charge in [0.1, 0.15) is 11.6 Å². The number of rotatable bonds is 1. The van der Waals surface area contributed by atoms with Crippen LogP contribution < -0.4 is 0 Å². The molecule has 1 radical (unpaired) electrons. The summed E-state index contributed by atoms with van der Waals surface area (Å²) in [7, 11) is 0. The predicted molar refractivity (Wildman–Crippen MR) is 53.2 cm³/mol. The molecule has 0 fully saturated rings. The fourth-order valence-electron chi connectivity index (χ4n) is 1.46. The molecule has 75 valence electrons. The molecule has 0 atom stereocenters. The van der Waals surface area contributed by atoms with Gasteiger partial charge in [0.15, 0.2) is 0 Å². The Morgan fingerprint density at radius 2 is 1.80 bits per heavy atom. The highest BCUT2D eigenvalue weighted by molar-refractivity contribution is 5.67. The normalized spacial score (nSPS) is 10.3. The molecule has 0 unspecified atom stereocenters. The molecule has 1 aromatic heterocycles. The second-order valence-electron chi connectivity index (χ2n) is 3.19. The highest BCUT2D eigenvalue weighted by Crippen LogP contribution is 2.27. The minimum Gasteiger partial charge on any atom is -0.254 e. The zero-order valence-electron chi connectivity index (χ0n) is 8.09. The molecule has 0 spiro atoms. The molecule has 15 heavy (non-hydrogen) atoms. The van der Waals surface area contributed by atoms with E-state index in [9.17, 15) is 8.78 Å². The molecule has 0 saturated heterocycles. The van der Waals surface area contributed by atoms with E-state index in [0.717, 1.165) is 0 Å². The fraction of sp³-hybridized carbons (Fsp3) is 0.0833. The minimum absolute atomic E-state index is 0.0198. The van der Waals surface area contributed by atoms with E-state index in [0.29, 0.717) is 11.1 Å². The summed E-state index contributed by atoms with van der Waals surface area (Å²) in [6.45, 7) is 1.72. The number of aryl methyl sites for hydroxylation is 1. The molecule has 0 N–H and O–H groups in total. The van der Waals surface area contributed by atoms with Crippen LogP contribution in [0.3, 0.4) is 0 Å². The Balaban J connectivity index is 2.69. The van der Waals surface area contributed by atoms with Crippen LogP contribution in [0.5, 0.6) is 0 Å². The summed E-state index contributed by atoms with van der Waals surface area (Å²) in [4.78, 5) is 3.76. The van der Waals surface area contributed by atoms with E-state index in [1.165, 1.54) is 24.4 Å². The molecule has 2 rings (SSSR count). The van der Waals surface area contributed by atoms with Gasteiger partial charge >= 0.3 is 0 Å². The third-order valence-corrected chi connectivity index (χ3v) is 2.18. The first-order valence-corrected chi connectivity index (χ1v) is 4.48. The number of aromatic nitrogens is 1. The van der Waals surface area contributed by atoms with Gasteiger partial charge in [-0.05, 0) is 36.2 Å². The third-order valence-electron chi connectivity index (χ3n) is 2.18. The number of pyridine rings is 1. The van der Waals surface area contributed by atoms with Crippen LogP contribution in [0.4, 0.5) is 8.78 Å². The number of hydrogen-bond donors (Lipinski definition) is 0. The maximum absolute atomic E-state index is 13.4. The lowest BCUT2D eigenvalue weighted by atomic mass is 10.0. The lowest BCUT2D eigenvalue weighted by Crippen LogP contribution is -1.92. The van der Waals surface area contributed by atoms with Gasteiger partial charge in [-0.2, -0.15) is 0 Å². The smallest absolute Gasteiger partial charge is 0.133 e. The van der Waals surface area contributed by atoms with Gasteiger partial charge in [-0.3, -0.25) is 4.98 Å². The maximum atomic E-state index is 13.4. The Bertz CT molecular complexity index is 474. The SMILES string of the molecule is Cc1[c]nccc1-c1c(F)cccc1F. The van der Waals surface area contributed by atoms with Crippen LogP contribution in [0.2, 0.25) is 0 Å². The van der Waals surface area contributed by atoms with E-state index in [1.807, 2.05) is 0 Å². The average Bonchev–Trinajstić information content (AvgIpc) is 2.20. The molecule has 0 aliphatic carbocycles. The summed E-state index contributed by atoms with van der Waals surface area (Å²) in [6, 6.07) is 5.39. The minimum atomic E-state index is -0.572. The first kappa shape index (κ1) is 9.77. The summed E-state index contributed by atoms with van der Waals surface area (Å²) in [5.74, 6) is -1.14. The van der Waals surface area contributed by atoms with Crippen LogP contribution in [0.1, 0.15) is 5.56 Å². The van der Waals surface area contributed by atoms with Gasteiger partial charge < -0.3 is 0 Å². The first-order valence-electron chi connectivity index (χ1n) is 4.48. The summed E-state index contributed by atoms with van der Waals surface area (Å²) in [5.41, 5.74) is 1.09. The quantitative estimate of drug-likeness (QED) is 0.695. The monoisotopic (exact) mass is 204 g/mol. The molecule has 0 aliphatic heterocycles. The van der Waals surface area contributed by atoms with Crippen molar-refractivity contribution in [3.05, 3.63) is 53.9 Å². The highest BCUT2D eigenvalue weighted by Gasteiger charge is 2.12. The topological polar surface area (TPSA) is 12.9 Å². The second-order valence-corrected chi connectivity index (χ2v) is 3.19. The van der Waals surface area contributed by atoms with E-state index in [4.69, 9.17) is 0 Å². The summed E-state index contributed by atoms with van der Waals surface area (Å²) < 4.78 is 26.9. The third kappa shape index (κ3) is 1.73. The fourth-order valence-corrected chi connectivity index (χ4v) is 1.46. The van der Waals surface area contributed by atoms with Crippen molar-refractivity contribution in [1.82, 2.24) is 4.98 Å². The van der Waals surface area contributed by atoms with Crippen molar-refractivity contribution in [1.29, 1.82) is 0 Å². The van der Waals surface area contributed by atoms with E-state index in [1.54, 1.807) is 13.0 Å².